The van der Waals surface area contributed by atoms with E-state index in [-0.39, 0.29) is 18.0 Å². The zero-order chi connectivity index (χ0) is 25.2. The van der Waals surface area contributed by atoms with Crippen LogP contribution in [0.3, 0.4) is 0 Å². The minimum absolute atomic E-state index is 0.00615. The van der Waals surface area contributed by atoms with E-state index in [9.17, 15) is 4.79 Å². The Morgan fingerprint density at radius 1 is 1.03 bits per heavy atom. The Balaban J connectivity index is 1.63. The zero-order valence-electron chi connectivity index (χ0n) is 20.6. The number of aromatic nitrogens is 2. The number of nitrogens with zero attached hydrogens (tertiary/aromatic N) is 3. The van der Waals surface area contributed by atoms with Crippen molar-refractivity contribution < 1.29 is 4.79 Å². The predicted octanol–water partition coefficient (Wildman–Crippen LogP) is 6.01. The zero-order valence-corrected chi connectivity index (χ0v) is 21.4. The van der Waals surface area contributed by atoms with Crippen molar-refractivity contribution in [2.45, 2.75) is 39.3 Å². The van der Waals surface area contributed by atoms with Gasteiger partial charge in [-0.25, -0.2) is 0 Å². The van der Waals surface area contributed by atoms with Crippen LogP contribution < -0.4 is 15.5 Å². The maximum atomic E-state index is 12.0. The molecule has 0 saturated carbocycles. The number of carbonyl (C=O) groups excluding carboxylic acids is 1. The van der Waals surface area contributed by atoms with Gasteiger partial charge in [0.2, 0.25) is 5.91 Å². The molecular weight excluding hydrogens is 466 g/mol. The largest absolute Gasteiger partial charge is 0.351 e. The van der Waals surface area contributed by atoms with Crippen LogP contribution in [0.1, 0.15) is 47.9 Å². The number of nitrogens with one attached hydrogen (secondary N) is 2. The van der Waals surface area contributed by atoms with Crippen LogP contribution in [-0.4, -0.2) is 20.6 Å². The molecule has 182 valence electrons. The molecule has 36 heavy (non-hydrogen) atoms. The quantitative estimate of drug-likeness (QED) is 0.321. The van der Waals surface area contributed by atoms with Gasteiger partial charge in [-0.3, -0.25) is 9.78 Å². The molecule has 1 fully saturated rings. The number of anilines is 2. The molecule has 0 aliphatic carbocycles. The molecule has 3 heterocycles. The minimum Gasteiger partial charge on any atom is -0.351 e. The lowest BCUT2D eigenvalue weighted by Gasteiger charge is -2.29. The van der Waals surface area contributed by atoms with Gasteiger partial charge < -0.3 is 20.1 Å². The van der Waals surface area contributed by atoms with E-state index in [1.54, 1.807) is 0 Å². The van der Waals surface area contributed by atoms with Crippen LogP contribution in [0.2, 0.25) is 0 Å². The van der Waals surface area contributed by atoms with Crippen LogP contribution in [0.15, 0.2) is 85.2 Å². The Bertz CT molecular complexity index is 1410. The van der Waals surface area contributed by atoms with Crippen molar-refractivity contribution >= 4 is 34.6 Å². The number of aryl methyl sites for hydroxylation is 2. The first-order valence-electron chi connectivity index (χ1n) is 12.1. The number of para-hydroxylation sites is 1. The van der Waals surface area contributed by atoms with Gasteiger partial charge in [0.15, 0.2) is 5.11 Å². The smallest absolute Gasteiger partial charge is 0.224 e. The van der Waals surface area contributed by atoms with Crippen molar-refractivity contribution in [2.24, 2.45) is 0 Å². The average Bonchev–Trinajstić information content (AvgIpc) is 3.50. The van der Waals surface area contributed by atoms with Crippen LogP contribution in [0.25, 0.3) is 5.69 Å². The molecule has 4 aromatic rings. The van der Waals surface area contributed by atoms with Gasteiger partial charge in [0, 0.05) is 41.6 Å². The lowest BCUT2D eigenvalue weighted by Crippen LogP contribution is -2.30. The fraction of sp³-hybridized carbons (Fsp3) is 0.207. The first-order valence-corrected chi connectivity index (χ1v) is 12.5. The molecule has 0 radical (unpaired) electrons. The van der Waals surface area contributed by atoms with E-state index in [4.69, 9.17) is 12.2 Å². The normalized spacial score (nSPS) is 17.2. The highest BCUT2D eigenvalue weighted by molar-refractivity contribution is 7.80. The summed E-state index contributed by atoms with van der Waals surface area (Å²) in [6, 6.07) is 24.3. The highest BCUT2D eigenvalue weighted by Crippen LogP contribution is 2.43. The van der Waals surface area contributed by atoms with E-state index in [1.807, 2.05) is 50.4 Å². The average molecular weight is 496 g/mol. The molecule has 6 nitrogen and oxygen atoms in total. The number of amides is 1. The Hall–Kier alpha value is -3.97. The van der Waals surface area contributed by atoms with Gasteiger partial charge in [0.05, 0.1) is 11.7 Å². The number of rotatable bonds is 6. The van der Waals surface area contributed by atoms with E-state index < -0.39 is 0 Å². The summed E-state index contributed by atoms with van der Waals surface area (Å²) in [5, 5.41) is 7.15. The second kappa shape index (κ2) is 9.95. The summed E-state index contributed by atoms with van der Waals surface area (Å²) in [6.45, 7) is 5.97. The van der Waals surface area contributed by atoms with Crippen LogP contribution in [-0.2, 0) is 4.79 Å². The highest BCUT2D eigenvalue weighted by Gasteiger charge is 2.42. The molecular formula is C29H29N5OS. The fourth-order valence-electron chi connectivity index (χ4n) is 4.80. The van der Waals surface area contributed by atoms with Crippen LogP contribution in [0.5, 0.6) is 0 Å². The Morgan fingerprint density at radius 3 is 2.56 bits per heavy atom. The van der Waals surface area contributed by atoms with Gasteiger partial charge in [-0.2, -0.15) is 0 Å². The lowest BCUT2D eigenvalue weighted by atomic mass is 10.00. The van der Waals surface area contributed by atoms with E-state index in [0.717, 1.165) is 34.0 Å². The minimum atomic E-state index is -0.142. The predicted molar refractivity (Wildman–Crippen MR) is 149 cm³/mol. The molecule has 2 aromatic carbocycles. The Morgan fingerprint density at radius 2 is 1.83 bits per heavy atom. The van der Waals surface area contributed by atoms with Crippen molar-refractivity contribution in [3.05, 3.63) is 108 Å². The van der Waals surface area contributed by atoms with E-state index >= 15 is 0 Å². The summed E-state index contributed by atoms with van der Waals surface area (Å²) in [4.78, 5) is 18.8. The van der Waals surface area contributed by atoms with Gasteiger partial charge >= 0.3 is 0 Å². The maximum Gasteiger partial charge on any atom is 0.224 e. The molecule has 1 saturated heterocycles. The third-order valence-corrected chi connectivity index (χ3v) is 6.95. The molecule has 5 rings (SSSR count). The molecule has 2 atom stereocenters. The molecule has 0 unspecified atom stereocenters. The fourth-order valence-corrected chi connectivity index (χ4v) is 5.14. The van der Waals surface area contributed by atoms with Crippen LogP contribution >= 0.6 is 12.2 Å². The number of thiocarbonyl (C=S) groups is 1. The second-order valence-electron chi connectivity index (χ2n) is 8.99. The summed E-state index contributed by atoms with van der Waals surface area (Å²) in [6.07, 6.45) is 4.35. The molecule has 1 aliphatic heterocycles. The number of pyridine rings is 1. The van der Waals surface area contributed by atoms with Crippen molar-refractivity contribution in [2.75, 3.05) is 10.2 Å². The van der Waals surface area contributed by atoms with E-state index in [0.29, 0.717) is 11.5 Å². The van der Waals surface area contributed by atoms with Crippen molar-refractivity contribution in [3.8, 4) is 5.69 Å². The first-order chi connectivity index (χ1) is 17.5. The summed E-state index contributed by atoms with van der Waals surface area (Å²) < 4.78 is 2.24. The van der Waals surface area contributed by atoms with Crippen LogP contribution in [0.4, 0.5) is 11.4 Å². The molecule has 2 aromatic heterocycles. The summed E-state index contributed by atoms with van der Waals surface area (Å²) in [7, 11) is 0. The Labute approximate surface area is 217 Å². The van der Waals surface area contributed by atoms with Crippen LogP contribution in [0, 0.1) is 13.8 Å². The number of hydrogen-bond acceptors (Lipinski definition) is 3. The van der Waals surface area contributed by atoms with Gasteiger partial charge in [-0.15, -0.1) is 0 Å². The molecule has 1 amide bonds. The van der Waals surface area contributed by atoms with Crippen molar-refractivity contribution in [1.82, 2.24) is 14.9 Å². The number of carbonyl (C=O) groups is 1. The Kier molecular flexibility index (Phi) is 6.57. The van der Waals surface area contributed by atoms with Gasteiger partial charge in [0.25, 0.3) is 0 Å². The van der Waals surface area contributed by atoms with E-state index in [1.165, 1.54) is 5.56 Å². The van der Waals surface area contributed by atoms with E-state index in [2.05, 4.69) is 80.7 Å². The first kappa shape index (κ1) is 23.8. The standard InChI is InChI=1S/C29H29N5OS/c1-4-26(35)31-22-15-14-21(18-20(22)3)34-28(27(32-29(34)36)23-11-7-8-16-30-23)25-13-9-17-33(25)24-12-6-5-10-19(24)2/h5-18,27-28H,4H2,1-3H3,(H,31,35)(H,32,36)/t27-,28-/m1/s1. The summed E-state index contributed by atoms with van der Waals surface area (Å²) >= 11 is 5.91. The monoisotopic (exact) mass is 495 g/mol. The third kappa shape index (κ3) is 4.38. The van der Waals surface area contributed by atoms with Crippen molar-refractivity contribution in [1.29, 1.82) is 0 Å². The molecule has 0 spiro atoms. The summed E-state index contributed by atoms with van der Waals surface area (Å²) in [5.41, 5.74) is 7.10. The molecule has 7 heteroatoms. The number of benzene rings is 2. The third-order valence-electron chi connectivity index (χ3n) is 6.64. The molecule has 0 bridgehead atoms. The second-order valence-corrected chi connectivity index (χ2v) is 9.37. The van der Waals surface area contributed by atoms with Gasteiger partial charge in [0.1, 0.15) is 6.04 Å². The van der Waals surface area contributed by atoms with Gasteiger partial charge in [-0.05, 0) is 85.7 Å². The number of hydrogen-bond donors (Lipinski definition) is 2. The molecule has 1 aliphatic rings. The highest BCUT2D eigenvalue weighted by atomic mass is 32.1. The van der Waals surface area contributed by atoms with Crippen molar-refractivity contribution in [3.63, 3.8) is 0 Å². The lowest BCUT2D eigenvalue weighted by molar-refractivity contribution is -0.115. The SMILES string of the molecule is CCC(=O)Nc1ccc(N2C(=S)N[C@H](c3ccccn3)[C@H]2c2cccn2-c2ccccc2C)cc1C. The maximum absolute atomic E-state index is 12.0. The topological polar surface area (TPSA) is 62.2 Å². The summed E-state index contributed by atoms with van der Waals surface area (Å²) in [5.74, 6) is -0.00615. The molecule has 2 N–H and O–H groups in total. The van der Waals surface area contributed by atoms with Gasteiger partial charge in [-0.1, -0.05) is 31.2 Å².